The van der Waals surface area contributed by atoms with Gasteiger partial charge in [-0.2, -0.15) is 14.4 Å². The van der Waals surface area contributed by atoms with Crippen molar-refractivity contribution < 1.29 is 89.7 Å². The highest BCUT2D eigenvalue weighted by Crippen LogP contribution is 2.40. The molecule has 1 unspecified atom stereocenters. The average molecular weight is 1810 g/mol. The predicted octanol–water partition coefficient (Wildman–Crippen LogP) is 9.28. The first kappa shape index (κ1) is 98.1. The van der Waals surface area contributed by atoms with E-state index in [1.54, 1.807) is 75.1 Å². The van der Waals surface area contributed by atoms with Crippen molar-refractivity contribution in [2.45, 2.75) is 225 Å². The molecule has 9 heterocycles. The number of esters is 1. The lowest BCUT2D eigenvalue weighted by atomic mass is 9.78. The second-order valence-electron chi connectivity index (χ2n) is 35.1. The van der Waals surface area contributed by atoms with Crippen molar-refractivity contribution in [3.63, 3.8) is 0 Å². The number of nitrogens with two attached hydrogens (primary N) is 2. The normalized spacial score (nSPS) is 27.3. The number of aryl methyl sites for hydroxylation is 2. The maximum atomic E-state index is 14.9. The summed E-state index contributed by atoms with van der Waals surface area (Å²) >= 11 is 0. The van der Waals surface area contributed by atoms with E-state index in [0.29, 0.717) is 168 Å². The zero-order chi connectivity index (χ0) is 92.1. The third-order valence-corrected chi connectivity index (χ3v) is 27.5. The molecule has 4 aliphatic heterocycles. The largest absolute Gasteiger partial charge is 0.460 e. The number of ketones is 3. The number of unbranched alkanes of at least 4 members (excludes halogenated alkanes) is 1. The summed E-state index contributed by atoms with van der Waals surface area (Å²) < 4.78 is 86.1. The lowest BCUT2D eigenvalue weighted by Gasteiger charge is -2.42. The molecular formula is C93H128N16O19S. The van der Waals surface area contributed by atoms with Gasteiger partial charge in [0.1, 0.15) is 53.5 Å². The fourth-order valence-electron chi connectivity index (χ4n) is 17.9. The number of sulfonamides is 1. The molecule has 5 aliphatic rings. The average Bonchev–Trinajstić information content (AvgIpc) is 1.65. The maximum absolute atomic E-state index is 14.9. The molecule has 7 N–H and O–H groups in total. The van der Waals surface area contributed by atoms with Gasteiger partial charge in [-0.1, -0.05) is 94.5 Å². The number of anilines is 3. The number of nitrogen functional groups attached to an aromatic ring is 2. The predicted molar refractivity (Wildman–Crippen MR) is 482 cm³/mol. The van der Waals surface area contributed by atoms with E-state index in [2.05, 4.69) is 30.6 Å². The van der Waals surface area contributed by atoms with Crippen LogP contribution in [0.5, 0.6) is 0 Å². The number of fused-ring (bicyclic) bond motifs is 5. The van der Waals surface area contributed by atoms with E-state index in [4.69, 9.17) is 68.8 Å². The summed E-state index contributed by atoms with van der Waals surface area (Å²) in [5.74, 6) is -7.92. The van der Waals surface area contributed by atoms with Crippen molar-refractivity contribution >= 4 is 85.1 Å². The van der Waals surface area contributed by atoms with Crippen LogP contribution >= 0.6 is 0 Å². The zero-order valence-electron chi connectivity index (χ0n) is 75.8. The van der Waals surface area contributed by atoms with Crippen LogP contribution in [-0.2, 0) is 103 Å². The van der Waals surface area contributed by atoms with E-state index in [-0.39, 0.29) is 118 Å². The summed E-state index contributed by atoms with van der Waals surface area (Å²) in [5.41, 5.74) is 19.5. The van der Waals surface area contributed by atoms with E-state index < -0.39 is 93.7 Å². The number of amides is 2. The number of benzene rings is 2. The Morgan fingerprint density at radius 2 is 1.57 bits per heavy atom. The van der Waals surface area contributed by atoms with Gasteiger partial charge in [0.2, 0.25) is 27.7 Å². The van der Waals surface area contributed by atoms with Gasteiger partial charge >= 0.3 is 5.97 Å². The number of nitrogens with one attached hydrogen (secondary N) is 1. The van der Waals surface area contributed by atoms with Gasteiger partial charge in [-0.3, -0.25) is 24.0 Å². The van der Waals surface area contributed by atoms with Crippen molar-refractivity contribution in [2.24, 2.45) is 35.5 Å². The molecule has 1 saturated carbocycles. The number of ether oxygens (including phenoxy) is 8. The van der Waals surface area contributed by atoms with Gasteiger partial charge in [0, 0.05) is 140 Å². The molecule has 7 aromatic rings. The Morgan fingerprint density at radius 3 is 2.34 bits per heavy atom. The number of aromatic nitrogens is 10. The van der Waals surface area contributed by atoms with Gasteiger partial charge in [0.15, 0.2) is 17.0 Å². The number of methoxy groups -OCH3 is 3. The molecule has 3 saturated heterocycles. The van der Waals surface area contributed by atoms with E-state index in [9.17, 15) is 47.4 Å². The second kappa shape index (κ2) is 46.2. The van der Waals surface area contributed by atoms with Crippen LogP contribution in [0.4, 0.5) is 17.8 Å². The number of rotatable bonds is 30. The van der Waals surface area contributed by atoms with Crippen molar-refractivity contribution in [2.75, 3.05) is 109 Å². The molecule has 129 heavy (non-hydrogen) atoms. The van der Waals surface area contributed by atoms with Crippen LogP contribution < -0.4 is 21.7 Å². The quantitative estimate of drug-likeness (QED) is 0.0121. The Kier molecular flexibility index (Phi) is 35.1. The standard InChI is InChI=1S/C93H128N16O19S/c1-58-19-12-11-13-20-59(2)77(120-8)51-71-27-24-64(7)93(117,128-71)86(114)89(115)108-33-16-14-23-73(108)90(116)126-78(52-74(110)60(3)46-63(6)84(113)85(122-10)83(112)62(5)45-58)61(4)47-65-25-28-76(79(49-65)121-9)125-56-66-21-18-22-67(48-66)69-53-97-92(98-54-69)105-35-37-107(38-36-105)129(118,119)44-31-70-55-106(104-102-70)39-41-124-43-42-123-40-30-80(111)96-32-15-17-34-109-88-81(87(94)99-57-100-88)82(103-109)68-26-29-75-72(50-68)101-91(95)127-75/h11-13,18-22,26,29,46,48,50,53-55,57-58,60-62,64-65,71,73,76-79,84-85,113,117H,14-17,23-25,27-28,30-45,47,49,51-52,56H2,1-10H3,(H2,95,101)(H,96,111)(H2,94,99,100)/b13-11+,19-12+,59-20+,63-46+/t58-,60-,61-,62-,64-,65+,71+,73+,76-,77+,78?,79-,84-,85+,93-/m1/s1. The van der Waals surface area contributed by atoms with E-state index >= 15 is 0 Å². The van der Waals surface area contributed by atoms with Crippen molar-refractivity contribution in [1.82, 2.24) is 64.2 Å². The Hall–Kier alpha value is -9.99. The monoisotopic (exact) mass is 1800 g/mol. The highest BCUT2D eigenvalue weighted by molar-refractivity contribution is 7.89. The van der Waals surface area contributed by atoms with Gasteiger partial charge in [-0.25, -0.2) is 42.5 Å². The number of nitrogens with zero attached hydrogens (tertiary/aromatic N) is 13. The molecule has 12 rings (SSSR count). The van der Waals surface area contributed by atoms with Crippen LogP contribution in [0, 0.1) is 35.5 Å². The first-order chi connectivity index (χ1) is 62.0. The van der Waals surface area contributed by atoms with Crippen molar-refractivity contribution in [1.29, 1.82) is 0 Å². The highest BCUT2D eigenvalue weighted by atomic mass is 32.2. The number of carbonyl (C=O) groups is 6. The zero-order valence-corrected chi connectivity index (χ0v) is 76.6. The number of cyclic esters (lactones) is 1. The van der Waals surface area contributed by atoms with Gasteiger partial charge in [0.25, 0.3) is 17.7 Å². The number of hydrogen-bond donors (Lipinski definition) is 5. The van der Waals surface area contributed by atoms with Crippen LogP contribution in [0.15, 0.2) is 119 Å². The SMILES string of the molecule is CO[C@H]1C[C@@H]2CC[C@@H](C)[C@@](O)(O2)C(=O)C(=O)N2CCCC[C@H]2C(=O)OC([C@H](C)C[C@@H]2CC[C@@H](OCc3cccc(-c4cnc(N5CCN(S(=O)(=O)CCc6cn(CCOCCOCCC(=O)NCCCCn7nc(-c8ccc9oc(N)nc9c8)c8c(N)ncnc87)nn6)CC5)nc4)c3)[C@H](OC)C2)CC(=O)[C@H](C)/C=C(\C)[C@@H](O)[C@@H](OC)C(=O)[C@H](C)C[C@H](C)/C=C/C=C/C=C/1C. The number of piperidine rings is 1. The van der Waals surface area contributed by atoms with Gasteiger partial charge in [-0.05, 0) is 155 Å². The molecule has 2 amide bonds. The van der Waals surface area contributed by atoms with Crippen LogP contribution in [0.25, 0.3) is 44.5 Å². The topological polar surface area (TPSA) is 451 Å². The Balaban J connectivity index is 0.571. The van der Waals surface area contributed by atoms with E-state index in [1.807, 2.05) is 99.4 Å². The minimum atomic E-state index is -3.64. The number of Topliss-reactive ketones (excluding diaryl/α,β-unsaturated/α-hetero) is 3. The van der Waals surface area contributed by atoms with Crippen molar-refractivity contribution in [3.05, 3.63) is 126 Å². The molecule has 35 nitrogen and oxygen atoms in total. The minimum Gasteiger partial charge on any atom is -0.460 e. The molecular weight excluding hydrogens is 1680 g/mol. The molecule has 0 spiro atoms. The fourth-order valence-corrected chi connectivity index (χ4v) is 19.3. The summed E-state index contributed by atoms with van der Waals surface area (Å²) in [6.07, 6.45) is 19.5. The molecule has 15 atom stereocenters. The number of piperazine rings is 1. The number of aliphatic hydroxyl groups is 2. The molecule has 700 valence electrons. The van der Waals surface area contributed by atoms with E-state index in [0.717, 1.165) is 34.2 Å². The summed E-state index contributed by atoms with van der Waals surface area (Å²) in [6, 6.07) is 12.3. The van der Waals surface area contributed by atoms with Gasteiger partial charge in [0.05, 0.1) is 80.8 Å². The van der Waals surface area contributed by atoms with E-state index in [1.165, 1.54) is 22.6 Å². The smallest absolute Gasteiger partial charge is 0.329 e. The van der Waals surface area contributed by atoms with Gasteiger partial charge in [-0.15, -0.1) is 5.10 Å². The molecule has 2 aromatic carbocycles. The molecule has 0 radical (unpaired) electrons. The van der Waals surface area contributed by atoms with Gasteiger partial charge < -0.3 is 79.1 Å². The van der Waals surface area contributed by atoms with Crippen LogP contribution in [0.2, 0.25) is 0 Å². The lowest BCUT2D eigenvalue weighted by molar-refractivity contribution is -0.265. The highest BCUT2D eigenvalue weighted by Gasteiger charge is 2.53. The minimum absolute atomic E-state index is 0.0182. The van der Waals surface area contributed by atoms with Crippen LogP contribution in [0.3, 0.4) is 0 Å². The van der Waals surface area contributed by atoms with Crippen LogP contribution in [0.1, 0.15) is 156 Å². The fraction of sp³-hybridized carbons (Fsp3) is 0.591. The Labute approximate surface area is 753 Å². The number of allylic oxidation sites excluding steroid dienone is 6. The molecule has 5 aromatic heterocycles. The Bertz CT molecular complexity index is 5200. The van der Waals surface area contributed by atoms with Crippen LogP contribution in [-0.4, -0.2) is 260 Å². The summed E-state index contributed by atoms with van der Waals surface area (Å²) in [4.78, 5) is 111. The number of aliphatic hydroxyl groups excluding tert-OH is 1. The third-order valence-electron chi connectivity index (χ3n) is 25.6. The number of oxazole rings is 1. The van der Waals surface area contributed by atoms with Crippen molar-refractivity contribution in [3.8, 4) is 22.4 Å². The third kappa shape index (κ3) is 25.8. The first-order valence-electron chi connectivity index (χ1n) is 45.2. The summed E-state index contributed by atoms with van der Waals surface area (Å²) in [5, 5.41) is 40.7. The number of carbonyl (C=O) groups excluding carboxylic acids is 6. The maximum Gasteiger partial charge on any atom is 0.329 e. The number of hydrogen-bond acceptors (Lipinski definition) is 30. The first-order valence-corrected chi connectivity index (χ1v) is 46.8. The molecule has 2 bridgehead atoms. The molecule has 1 aliphatic carbocycles. The Morgan fingerprint density at radius 1 is 0.791 bits per heavy atom. The summed E-state index contributed by atoms with van der Waals surface area (Å²) in [6.45, 7) is 16.9. The molecule has 4 fully saturated rings. The molecule has 36 heteroatoms. The second-order valence-corrected chi connectivity index (χ2v) is 37.2. The lowest BCUT2D eigenvalue weighted by Crippen LogP contribution is -2.61. The summed E-state index contributed by atoms with van der Waals surface area (Å²) in [7, 11) is 0.974.